The summed E-state index contributed by atoms with van der Waals surface area (Å²) in [6, 6.07) is 5.65. The Morgan fingerprint density at radius 2 is 2.10 bits per heavy atom. The van der Waals surface area contributed by atoms with Crippen LogP contribution in [0.5, 0.6) is 0 Å². The van der Waals surface area contributed by atoms with Crippen molar-refractivity contribution in [1.82, 2.24) is 10.6 Å². The topological polar surface area (TPSA) is 75.3 Å². The second-order valence-electron chi connectivity index (χ2n) is 4.84. The molecule has 1 aliphatic heterocycles. The highest BCUT2D eigenvalue weighted by atomic mass is 32.2. The van der Waals surface area contributed by atoms with Crippen LogP contribution in [0.3, 0.4) is 0 Å². The smallest absolute Gasteiger partial charge is 0.315 e. The summed E-state index contributed by atoms with van der Waals surface area (Å²) in [6.45, 7) is 0.298. The number of nitrogens with one attached hydrogen (secondary N) is 2. The lowest BCUT2D eigenvalue weighted by Gasteiger charge is -2.12. The zero-order valence-electron chi connectivity index (χ0n) is 10.9. The summed E-state index contributed by atoms with van der Waals surface area (Å²) in [7, 11) is -3.00. The molecule has 0 aliphatic carbocycles. The van der Waals surface area contributed by atoms with Gasteiger partial charge < -0.3 is 10.6 Å². The minimum absolute atomic E-state index is 0.00622. The van der Waals surface area contributed by atoms with Gasteiger partial charge in [-0.15, -0.1) is 0 Å². The van der Waals surface area contributed by atoms with E-state index in [9.17, 15) is 17.6 Å². The number of hydrogen-bond acceptors (Lipinski definition) is 3. The van der Waals surface area contributed by atoms with Crippen molar-refractivity contribution in [2.45, 2.75) is 18.9 Å². The fourth-order valence-corrected chi connectivity index (χ4v) is 3.83. The van der Waals surface area contributed by atoms with Crippen molar-refractivity contribution < 1.29 is 17.6 Å². The van der Waals surface area contributed by atoms with Gasteiger partial charge in [0.1, 0.15) is 5.82 Å². The predicted octanol–water partition coefficient (Wildman–Crippen LogP) is 0.855. The maximum atomic E-state index is 13.3. The summed E-state index contributed by atoms with van der Waals surface area (Å²) in [5, 5.41) is 5.21. The van der Waals surface area contributed by atoms with E-state index in [-0.39, 0.29) is 23.4 Å². The molecule has 20 heavy (non-hydrogen) atoms. The Hall–Kier alpha value is -1.63. The quantitative estimate of drug-likeness (QED) is 0.866. The van der Waals surface area contributed by atoms with Crippen molar-refractivity contribution in [1.29, 1.82) is 0 Å². The molecule has 0 spiro atoms. The first kappa shape index (κ1) is 14.8. The van der Waals surface area contributed by atoms with Crippen LogP contribution in [0.2, 0.25) is 0 Å². The van der Waals surface area contributed by atoms with Gasteiger partial charge in [-0.1, -0.05) is 18.2 Å². The van der Waals surface area contributed by atoms with Gasteiger partial charge in [0.2, 0.25) is 0 Å². The normalized spacial score (nSPS) is 20.6. The van der Waals surface area contributed by atoms with Gasteiger partial charge in [-0.05, 0) is 24.5 Å². The number of carbonyl (C=O) groups excluding carboxylic acids is 1. The van der Waals surface area contributed by atoms with Crippen LogP contribution in [-0.2, 0) is 16.3 Å². The summed E-state index contributed by atoms with van der Waals surface area (Å²) in [5.41, 5.74) is 0.538. The van der Waals surface area contributed by atoms with Gasteiger partial charge in [-0.2, -0.15) is 0 Å². The maximum Gasteiger partial charge on any atom is 0.315 e. The second kappa shape index (κ2) is 6.21. The van der Waals surface area contributed by atoms with Gasteiger partial charge >= 0.3 is 6.03 Å². The summed E-state index contributed by atoms with van der Waals surface area (Å²) in [5.74, 6) is -0.183. The minimum Gasteiger partial charge on any atom is -0.338 e. The number of benzene rings is 1. The summed E-state index contributed by atoms with van der Waals surface area (Å²) in [4.78, 5) is 11.6. The molecule has 0 saturated carbocycles. The van der Waals surface area contributed by atoms with E-state index in [0.29, 0.717) is 24.9 Å². The van der Waals surface area contributed by atoms with Gasteiger partial charge in [-0.3, -0.25) is 0 Å². The van der Waals surface area contributed by atoms with E-state index in [2.05, 4.69) is 10.6 Å². The molecule has 1 aliphatic rings. The van der Waals surface area contributed by atoms with Crippen molar-refractivity contribution in [2.24, 2.45) is 0 Å². The van der Waals surface area contributed by atoms with Crippen LogP contribution in [0.25, 0.3) is 0 Å². The monoisotopic (exact) mass is 300 g/mol. The standard InChI is InChI=1S/C13H17FN2O3S/c14-12-4-2-1-3-10(12)5-7-15-13(17)16-11-6-8-20(18,19)9-11/h1-4,11H,5-9H2,(H2,15,16,17). The highest BCUT2D eigenvalue weighted by Gasteiger charge is 2.28. The number of halogens is 1. The van der Waals surface area contributed by atoms with Crippen LogP contribution in [0.4, 0.5) is 9.18 Å². The third kappa shape index (κ3) is 4.19. The zero-order valence-corrected chi connectivity index (χ0v) is 11.7. The first-order valence-electron chi connectivity index (χ1n) is 6.44. The SMILES string of the molecule is O=C(NCCc1ccccc1F)NC1CCS(=O)(=O)C1. The molecule has 1 aromatic carbocycles. The molecular formula is C13H17FN2O3S. The summed E-state index contributed by atoms with van der Waals surface area (Å²) in [6.07, 6.45) is 0.839. The molecule has 0 bridgehead atoms. The van der Waals surface area contributed by atoms with Crippen LogP contribution >= 0.6 is 0 Å². The van der Waals surface area contributed by atoms with Gasteiger partial charge in [-0.25, -0.2) is 17.6 Å². The minimum atomic E-state index is -3.00. The second-order valence-corrected chi connectivity index (χ2v) is 7.07. The van der Waals surface area contributed by atoms with Crippen molar-refractivity contribution in [3.8, 4) is 0 Å². The Labute approximate surface area is 117 Å². The number of rotatable bonds is 4. The molecule has 5 nitrogen and oxygen atoms in total. The lowest BCUT2D eigenvalue weighted by molar-refractivity contribution is 0.238. The van der Waals surface area contributed by atoms with Crippen molar-refractivity contribution in [3.63, 3.8) is 0 Å². The van der Waals surface area contributed by atoms with E-state index in [1.807, 2.05) is 0 Å². The van der Waals surface area contributed by atoms with E-state index in [0.717, 1.165) is 0 Å². The van der Waals surface area contributed by atoms with Crippen LogP contribution < -0.4 is 10.6 Å². The van der Waals surface area contributed by atoms with Crippen LogP contribution in [0.15, 0.2) is 24.3 Å². The first-order valence-corrected chi connectivity index (χ1v) is 8.26. The van der Waals surface area contributed by atoms with Crippen molar-refractivity contribution in [2.75, 3.05) is 18.1 Å². The molecule has 110 valence electrons. The molecular weight excluding hydrogens is 283 g/mol. The zero-order chi connectivity index (χ0) is 14.6. The first-order chi connectivity index (χ1) is 9.46. The number of sulfone groups is 1. The molecule has 1 unspecified atom stereocenters. The third-order valence-electron chi connectivity index (χ3n) is 3.21. The van der Waals surface area contributed by atoms with Crippen LogP contribution in [0, 0.1) is 5.82 Å². The number of carbonyl (C=O) groups is 1. The van der Waals surface area contributed by atoms with Crippen LogP contribution in [-0.4, -0.2) is 38.5 Å². The number of amides is 2. The highest BCUT2D eigenvalue weighted by molar-refractivity contribution is 7.91. The molecule has 1 fully saturated rings. The molecule has 2 amide bonds. The predicted molar refractivity (Wildman–Crippen MR) is 73.7 cm³/mol. The Kier molecular flexibility index (Phi) is 4.59. The Balaban J connectivity index is 1.72. The fourth-order valence-electron chi connectivity index (χ4n) is 2.16. The van der Waals surface area contributed by atoms with E-state index in [1.165, 1.54) is 6.07 Å². The van der Waals surface area contributed by atoms with Gasteiger partial charge in [0.25, 0.3) is 0 Å². The number of urea groups is 1. The lowest BCUT2D eigenvalue weighted by Crippen LogP contribution is -2.43. The van der Waals surface area contributed by atoms with E-state index >= 15 is 0 Å². The molecule has 0 radical (unpaired) electrons. The number of hydrogen-bond donors (Lipinski definition) is 2. The summed E-state index contributed by atoms with van der Waals surface area (Å²) >= 11 is 0. The van der Waals surface area contributed by atoms with Crippen molar-refractivity contribution >= 4 is 15.9 Å². The molecule has 7 heteroatoms. The van der Waals surface area contributed by atoms with Gasteiger partial charge in [0, 0.05) is 12.6 Å². The van der Waals surface area contributed by atoms with Crippen LogP contribution in [0.1, 0.15) is 12.0 Å². The Morgan fingerprint density at radius 1 is 1.35 bits per heavy atom. The average molecular weight is 300 g/mol. The third-order valence-corrected chi connectivity index (χ3v) is 4.97. The molecule has 0 aromatic heterocycles. The molecule has 1 saturated heterocycles. The average Bonchev–Trinajstić information content (AvgIpc) is 2.71. The molecule has 2 N–H and O–H groups in total. The largest absolute Gasteiger partial charge is 0.338 e. The van der Waals surface area contributed by atoms with E-state index in [4.69, 9.17) is 0 Å². The molecule has 1 atom stereocenters. The van der Waals surface area contributed by atoms with Gasteiger partial charge in [0.05, 0.1) is 11.5 Å². The van der Waals surface area contributed by atoms with Gasteiger partial charge in [0.15, 0.2) is 9.84 Å². The molecule has 2 rings (SSSR count). The maximum absolute atomic E-state index is 13.3. The Morgan fingerprint density at radius 3 is 2.75 bits per heavy atom. The van der Waals surface area contributed by atoms with E-state index < -0.39 is 15.9 Å². The highest BCUT2D eigenvalue weighted by Crippen LogP contribution is 2.11. The molecule has 1 heterocycles. The Bertz CT molecular complexity index is 589. The fraction of sp³-hybridized carbons (Fsp3) is 0.462. The van der Waals surface area contributed by atoms with Crippen molar-refractivity contribution in [3.05, 3.63) is 35.6 Å². The summed E-state index contributed by atoms with van der Waals surface area (Å²) < 4.78 is 35.8. The lowest BCUT2D eigenvalue weighted by atomic mass is 10.1. The molecule has 1 aromatic rings. The van der Waals surface area contributed by atoms with E-state index in [1.54, 1.807) is 18.2 Å².